The van der Waals surface area contributed by atoms with Crippen LogP contribution in [0.2, 0.25) is 0 Å². The third kappa shape index (κ3) is 3.63. The minimum Gasteiger partial charge on any atom is -0.323 e. The molecule has 0 aliphatic rings. The number of pyridine rings is 1. The van der Waals surface area contributed by atoms with Crippen LogP contribution in [-0.2, 0) is 12.8 Å². The zero-order valence-corrected chi connectivity index (χ0v) is 10.1. The molecule has 0 aromatic carbocycles. The first-order chi connectivity index (χ1) is 7.17. The number of hydrogen-bond acceptors (Lipinski definition) is 2. The van der Waals surface area contributed by atoms with Crippen LogP contribution in [0.1, 0.15) is 56.6 Å². The fourth-order valence-electron chi connectivity index (χ4n) is 1.73. The van der Waals surface area contributed by atoms with Gasteiger partial charge in [0.2, 0.25) is 0 Å². The van der Waals surface area contributed by atoms with Gasteiger partial charge in [0.1, 0.15) is 0 Å². The summed E-state index contributed by atoms with van der Waals surface area (Å²) < 4.78 is 0. The lowest BCUT2D eigenvalue weighted by Gasteiger charge is -2.10. The molecule has 84 valence electrons. The summed E-state index contributed by atoms with van der Waals surface area (Å²) in [6.45, 7) is 6.37. The molecular weight excluding hydrogens is 184 g/mol. The van der Waals surface area contributed by atoms with Crippen LogP contribution in [0.15, 0.2) is 12.1 Å². The van der Waals surface area contributed by atoms with E-state index in [0.29, 0.717) is 0 Å². The van der Waals surface area contributed by atoms with Gasteiger partial charge in [0.05, 0.1) is 5.69 Å². The van der Waals surface area contributed by atoms with Crippen LogP contribution in [0.3, 0.4) is 0 Å². The van der Waals surface area contributed by atoms with Gasteiger partial charge in [-0.05, 0) is 37.5 Å². The fourth-order valence-corrected chi connectivity index (χ4v) is 1.73. The van der Waals surface area contributed by atoms with Crippen molar-refractivity contribution in [3.05, 3.63) is 29.1 Å². The molecule has 0 spiro atoms. The molecule has 1 rings (SSSR count). The zero-order valence-electron chi connectivity index (χ0n) is 10.1. The Balaban J connectivity index is 2.97. The van der Waals surface area contributed by atoms with E-state index in [0.717, 1.165) is 25.0 Å². The summed E-state index contributed by atoms with van der Waals surface area (Å²) in [5.41, 5.74) is 9.48. The van der Waals surface area contributed by atoms with Gasteiger partial charge in [-0.15, -0.1) is 0 Å². The number of nitrogens with zero attached hydrogens (tertiary/aromatic N) is 1. The maximum atomic E-state index is 5.88. The number of nitrogens with two attached hydrogens (primary N) is 1. The van der Waals surface area contributed by atoms with Gasteiger partial charge >= 0.3 is 0 Å². The maximum absolute atomic E-state index is 5.88. The molecule has 1 aromatic rings. The van der Waals surface area contributed by atoms with Crippen molar-refractivity contribution in [2.24, 2.45) is 5.73 Å². The monoisotopic (exact) mass is 206 g/mol. The minimum absolute atomic E-state index is 0.0393. The van der Waals surface area contributed by atoms with Crippen molar-refractivity contribution in [2.75, 3.05) is 0 Å². The lowest BCUT2D eigenvalue weighted by atomic mass is 10.1. The Labute approximate surface area is 92.9 Å². The first-order valence-electron chi connectivity index (χ1n) is 5.92. The molecule has 2 heteroatoms. The molecule has 0 aliphatic carbocycles. The van der Waals surface area contributed by atoms with Crippen molar-refractivity contribution in [3.63, 3.8) is 0 Å². The molecule has 15 heavy (non-hydrogen) atoms. The largest absolute Gasteiger partial charge is 0.323 e. The minimum atomic E-state index is 0.0393. The highest BCUT2D eigenvalue weighted by atomic mass is 14.8. The lowest BCUT2D eigenvalue weighted by molar-refractivity contribution is 0.752. The van der Waals surface area contributed by atoms with Crippen LogP contribution in [0.4, 0.5) is 0 Å². The van der Waals surface area contributed by atoms with E-state index in [9.17, 15) is 0 Å². The van der Waals surface area contributed by atoms with E-state index < -0.39 is 0 Å². The first kappa shape index (κ1) is 12.2. The molecule has 0 aliphatic heterocycles. The van der Waals surface area contributed by atoms with Gasteiger partial charge in [0.25, 0.3) is 0 Å². The number of aromatic nitrogens is 1. The van der Waals surface area contributed by atoms with E-state index in [2.05, 4.69) is 31.0 Å². The van der Waals surface area contributed by atoms with Crippen molar-refractivity contribution in [2.45, 2.75) is 52.5 Å². The van der Waals surface area contributed by atoms with Crippen molar-refractivity contribution in [1.82, 2.24) is 4.98 Å². The summed E-state index contributed by atoms with van der Waals surface area (Å²) in [5.74, 6) is 0. The van der Waals surface area contributed by atoms with E-state index in [4.69, 9.17) is 5.73 Å². The van der Waals surface area contributed by atoms with Gasteiger partial charge in [-0.3, -0.25) is 4.98 Å². The second-order valence-electron chi connectivity index (χ2n) is 4.18. The predicted molar refractivity (Wildman–Crippen MR) is 64.8 cm³/mol. The SMILES string of the molecule is CCCc1cc(CCC)nc(C(C)N)c1. The lowest BCUT2D eigenvalue weighted by Crippen LogP contribution is -2.09. The number of aryl methyl sites for hydroxylation is 2. The summed E-state index contributed by atoms with van der Waals surface area (Å²) in [6.07, 6.45) is 4.49. The number of hydrogen-bond donors (Lipinski definition) is 1. The van der Waals surface area contributed by atoms with Gasteiger partial charge in [-0.25, -0.2) is 0 Å². The molecule has 1 aromatic heterocycles. The highest BCUT2D eigenvalue weighted by Crippen LogP contribution is 2.14. The highest BCUT2D eigenvalue weighted by molar-refractivity contribution is 5.23. The average molecular weight is 206 g/mol. The van der Waals surface area contributed by atoms with Gasteiger partial charge < -0.3 is 5.73 Å². The summed E-state index contributed by atoms with van der Waals surface area (Å²) in [5, 5.41) is 0. The molecular formula is C13H22N2. The Morgan fingerprint density at radius 2 is 1.87 bits per heavy atom. The average Bonchev–Trinajstić information content (AvgIpc) is 2.18. The van der Waals surface area contributed by atoms with Crippen molar-refractivity contribution >= 4 is 0 Å². The topological polar surface area (TPSA) is 38.9 Å². The van der Waals surface area contributed by atoms with Gasteiger partial charge in [-0.2, -0.15) is 0 Å². The summed E-state index contributed by atoms with van der Waals surface area (Å²) in [7, 11) is 0. The van der Waals surface area contributed by atoms with Crippen LogP contribution >= 0.6 is 0 Å². The van der Waals surface area contributed by atoms with E-state index in [1.54, 1.807) is 0 Å². The molecule has 0 radical (unpaired) electrons. The molecule has 0 fully saturated rings. The molecule has 0 amide bonds. The Morgan fingerprint density at radius 1 is 1.20 bits per heavy atom. The molecule has 2 N–H and O–H groups in total. The van der Waals surface area contributed by atoms with Crippen LogP contribution in [0.25, 0.3) is 0 Å². The molecule has 0 bridgehead atoms. The Kier molecular flexibility index (Phi) is 4.76. The van der Waals surface area contributed by atoms with Crippen LogP contribution in [0, 0.1) is 0 Å². The number of rotatable bonds is 5. The Bertz CT molecular complexity index is 281. The second-order valence-corrected chi connectivity index (χ2v) is 4.18. The summed E-state index contributed by atoms with van der Waals surface area (Å²) >= 11 is 0. The first-order valence-corrected chi connectivity index (χ1v) is 5.92. The summed E-state index contributed by atoms with van der Waals surface area (Å²) in [6, 6.07) is 4.41. The van der Waals surface area contributed by atoms with Crippen LogP contribution < -0.4 is 5.73 Å². The third-order valence-electron chi connectivity index (χ3n) is 2.47. The zero-order chi connectivity index (χ0) is 11.3. The van der Waals surface area contributed by atoms with Crippen LogP contribution in [0.5, 0.6) is 0 Å². The molecule has 1 heterocycles. The van der Waals surface area contributed by atoms with Crippen molar-refractivity contribution in [1.29, 1.82) is 0 Å². The standard InChI is InChI=1S/C13H22N2/c1-4-6-11-8-12(7-5-2)15-13(9-11)10(3)14/h8-10H,4-7,14H2,1-3H3. The van der Waals surface area contributed by atoms with E-state index in [1.165, 1.54) is 17.7 Å². The highest BCUT2D eigenvalue weighted by Gasteiger charge is 2.05. The van der Waals surface area contributed by atoms with Crippen LogP contribution in [-0.4, -0.2) is 4.98 Å². The van der Waals surface area contributed by atoms with Gasteiger partial charge in [-0.1, -0.05) is 26.7 Å². The second kappa shape index (κ2) is 5.86. The maximum Gasteiger partial charge on any atom is 0.0574 e. The van der Waals surface area contributed by atoms with Crippen molar-refractivity contribution in [3.8, 4) is 0 Å². The smallest absolute Gasteiger partial charge is 0.0574 e. The molecule has 2 nitrogen and oxygen atoms in total. The molecule has 0 saturated carbocycles. The fraction of sp³-hybridized carbons (Fsp3) is 0.615. The quantitative estimate of drug-likeness (QED) is 0.804. The molecule has 1 atom stereocenters. The van der Waals surface area contributed by atoms with E-state index >= 15 is 0 Å². The predicted octanol–water partition coefficient (Wildman–Crippen LogP) is 3.01. The molecule has 1 unspecified atom stereocenters. The third-order valence-corrected chi connectivity index (χ3v) is 2.47. The van der Waals surface area contributed by atoms with Crippen molar-refractivity contribution < 1.29 is 0 Å². The van der Waals surface area contributed by atoms with E-state index in [1.807, 2.05) is 6.92 Å². The Hall–Kier alpha value is -0.890. The Morgan fingerprint density at radius 3 is 2.40 bits per heavy atom. The van der Waals surface area contributed by atoms with Gasteiger partial charge in [0, 0.05) is 11.7 Å². The van der Waals surface area contributed by atoms with Gasteiger partial charge in [0.15, 0.2) is 0 Å². The molecule has 0 saturated heterocycles. The van der Waals surface area contributed by atoms with E-state index in [-0.39, 0.29) is 6.04 Å². The normalized spacial score (nSPS) is 12.8. The summed E-state index contributed by atoms with van der Waals surface area (Å²) in [4.78, 5) is 4.58.